The fourth-order valence-electron chi connectivity index (χ4n) is 6.34. The Labute approximate surface area is 345 Å². The summed E-state index contributed by atoms with van der Waals surface area (Å²) >= 11 is 0. The Hall–Kier alpha value is -4.82. The number of hydrogen-bond acceptors (Lipinski definition) is 8. The highest BCUT2D eigenvalue weighted by molar-refractivity contribution is 5.99. The van der Waals surface area contributed by atoms with Crippen LogP contribution in [0.25, 0.3) is 0 Å². The minimum Gasteiger partial charge on any atom is -0.394 e. The van der Waals surface area contributed by atoms with Gasteiger partial charge < -0.3 is 41.5 Å². The molecule has 0 aliphatic carbocycles. The van der Waals surface area contributed by atoms with Crippen LogP contribution in [-0.2, 0) is 35.8 Å². The lowest BCUT2D eigenvalue weighted by Gasteiger charge is -2.27. The molecule has 58 heavy (non-hydrogen) atoms. The number of unbranched alkanes of at least 4 members (excludes halogenated alkanes) is 1. The summed E-state index contributed by atoms with van der Waals surface area (Å²) in [5.41, 5.74) is 2.15. The Morgan fingerprint density at radius 3 is 1.76 bits per heavy atom. The van der Waals surface area contributed by atoms with E-state index in [1.165, 1.54) is 25.9 Å². The number of likely N-dealkylation sites (N-methyl/N-ethyl adjacent to an activating group) is 1. The number of rotatable bonds is 23. The van der Waals surface area contributed by atoms with Crippen molar-refractivity contribution in [2.24, 2.45) is 5.92 Å². The van der Waals surface area contributed by atoms with Gasteiger partial charge in [-0.25, -0.2) is 0 Å². The van der Waals surface area contributed by atoms with Crippen molar-refractivity contribution in [3.05, 3.63) is 71.3 Å². The van der Waals surface area contributed by atoms with Crippen molar-refractivity contribution >= 4 is 35.4 Å². The van der Waals surface area contributed by atoms with Crippen molar-refractivity contribution in [3.8, 4) is 0 Å². The molecule has 6 amide bonds. The maximum atomic E-state index is 13.9. The first-order valence-electron chi connectivity index (χ1n) is 20.5. The lowest BCUT2D eigenvalue weighted by atomic mass is 9.86. The van der Waals surface area contributed by atoms with Crippen LogP contribution in [0.4, 0.5) is 0 Å². The maximum Gasteiger partial charge on any atom is 0.251 e. The topological polar surface area (TPSA) is 189 Å². The van der Waals surface area contributed by atoms with E-state index in [1.807, 2.05) is 56.3 Å². The molecule has 2 rings (SSSR count). The van der Waals surface area contributed by atoms with Crippen LogP contribution < -0.4 is 26.6 Å². The van der Waals surface area contributed by atoms with Crippen molar-refractivity contribution < 1.29 is 33.9 Å². The molecule has 0 aliphatic rings. The number of amides is 6. The van der Waals surface area contributed by atoms with Gasteiger partial charge in [-0.3, -0.25) is 28.8 Å². The molecule has 0 saturated carbocycles. The monoisotopic (exact) mass is 808 g/mol. The lowest BCUT2D eigenvalue weighted by Crippen LogP contribution is -2.59. The molecule has 0 bridgehead atoms. The molecule has 0 aliphatic heterocycles. The quantitative estimate of drug-likeness (QED) is 0.0925. The van der Waals surface area contributed by atoms with Crippen molar-refractivity contribution in [2.75, 3.05) is 40.3 Å². The van der Waals surface area contributed by atoms with E-state index in [2.05, 4.69) is 66.1 Å². The molecule has 0 spiro atoms. The molecular formula is C44H69N7O7. The summed E-state index contributed by atoms with van der Waals surface area (Å²) in [6.45, 7) is 17.6. The minimum atomic E-state index is -1.20. The first-order valence-corrected chi connectivity index (χ1v) is 20.5. The average molecular weight is 808 g/mol. The standard InChI is InChI=1S/C44H69N7O7/c1-11-51(12-2)25-17-16-20-34(40(55)49-37(28-52)43(58)50(9)10)46-42(57)35(26-29(3)4)47-38(53)30(5)45-41(56)36(27-31-18-14-13-15-19-31)48-39(54)32-21-23-33(24-22-32)44(6,7)8/h13-15,18-19,21-24,29-30,34-37,52H,11-12,16-17,20,25-28H2,1-10H3,(H,45,56)(H,46,57)(H,47,53)(H,48,54)(H,49,55)/t30-,34-,35-,36-,37-/m0/s1. The molecule has 2 aromatic rings. The van der Waals surface area contributed by atoms with Gasteiger partial charge in [0.1, 0.15) is 30.2 Å². The fourth-order valence-corrected chi connectivity index (χ4v) is 6.34. The van der Waals surface area contributed by atoms with Gasteiger partial charge in [0, 0.05) is 26.1 Å². The van der Waals surface area contributed by atoms with Crippen LogP contribution in [-0.4, -0.2) is 121 Å². The van der Waals surface area contributed by atoms with Crippen molar-refractivity contribution in [1.29, 1.82) is 0 Å². The Bertz CT molecular complexity index is 1620. The highest BCUT2D eigenvalue weighted by atomic mass is 16.3. The van der Waals surface area contributed by atoms with Crippen molar-refractivity contribution in [1.82, 2.24) is 36.4 Å². The largest absolute Gasteiger partial charge is 0.394 e. The van der Waals surface area contributed by atoms with Gasteiger partial charge in [-0.05, 0) is 86.8 Å². The summed E-state index contributed by atoms with van der Waals surface area (Å²) in [5, 5.41) is 23.6. The molecule has 0 unspecified atom stereocenters. The third-order valence-corrected chi connectivity index (χ3v) is 9.99. The molecule has 6 N–H and O–H groups in total. The lowest BCUT2D eigenvalue weighted by molar-refractivity contribution is -0.137. The maximum absolute atomic E-state index is 13.9. The third kappa shape index (κ3) is 16.6. The first-order chi connectivity index (χ1) is 27.3. The second-order valence-corrected chi connectivity index (χ2v) is 16.5. The van der Waals surface area contributed by atoms with Crippen LogP contribution in [0.1, 0.15) is 103 Å². The molecule has 5 atom stereocenters. The van der Waals surface area contributed by atoms with Crippen LogP contribution in [0.5, 0.6) is 0 Å². The van der Waals surface area contributed by atoms with Gasteiger partial charge in [-0.2, -0.15) is 0 Å². The average Bonchev–Trinajstić information content (AvgIpc) is 3.18. The molecule has 322 valence electrons. The van der Waals surface area contributed by atoms with E-state index in [0.717, 1.165) is 37.2 Å². The van der Waals surface area contributed by atoms with Gasteiger partial charge in [0.25, 0.3) is 5.91 Å². The number of carbonyl (C=O) groups excluding carboxylic acids is 6. The second-order valence-electron chi connectivity index (χ2n) is 16.5. The number of nitrogens with one attached hydrogen (secondary N) is 5. The normalized spacial score (nSPS) is 14.1. The fraction of sp³-hybridized carbons (Fsp3) is 0.591. The van der Waals surface area contributed by atoms with Gasteiger partial charge in [0.05, 0.1) is 6.61 Å². The number of carbonyl (C=O) groups is 6. The molecule has 14 heteroatoms. The predicted octanol–water partition coefficient (Wildman–Crippen LogP) is 2.92. The van der Waals surface area contributed by atoms with Crippen molar-refractivity contribution in [3.63, 3.8) is 0 Å². The minimum absolute atomic E-state index is 0.0401. The zero-order valence-electron chi connectivity index (χ0n) is 36.3. The number of hydrogen-bond donors (Lipinski definition) is 6. The van der Waals surface area contributed by atoms with Crippen LogP contribution in [0.15, 0.2) is 54.6 Å². The highest BCUT2D eigenvalue weighted by Gasteiger charge is 2.32. The van der Waals surface area contributed by atoms with E-state index in [9.17, 15) is 33.9 Å². The summed E-state index contributed by atoms with van der Waals surface area (Å²) < 4.78 is 0. The van der Waals surface area contributed by atoms with E-state index in [1.54, 1.807) is 12.1 Å². The number of aliphatic hydroxyl groups excluding tert-OH is 1. The van der Waals surface area contributed by atoms with E-state index in [4.69, 9.17) is 0 Å². The molecule has 0 fully saturated rings. The zero-order valence-corrected chi connectivity index (χ0v) is 36.3. The Kier molecular flexibility index (Phi) is 20.6. The van der Waals surface area contributed by atoms with Crippen LogP contribution in [0, 0.1) is 5.92 Å². The van der Waals surface area contributed by atoms with E-state index in [-0.39, 0.29) is 30.6 Å². The summed E-state index contributed by atoms with van der Waals surface area (Å²) in [6, 6.07) is 11.0. The Balaban J connectivity index is 2.25. The molecule has 0 radical (unpaired) electrons. The van der Waals surface area contributed by atoms with E-state index in [0.29, 0.717) is 12.0 Å². The highest BCUT2D eigenvalue weighted by Crippen LogP contribution is 2.22. The van der Waals surface area contributed by atoms with Crippen molar-refractivity contribution in [2.45, 2.75) is 123 Å². The summed E-state index contributed by atoms with van der Waals surface area (Å²) in [4.78, 5) is 84.3. The van der Waals surface area contributed by atoms with Gasteiger partial charge in [-0.1, -0.05) is 90.9 Å². The number of aliphatic hydroxyl groups is 1. The second kappa shape index (κ2) is 24.2. The first kappa shape index (κ1) is 49.3. The zero-order chi connectivity index (χ0) is 43.6. The summed E-state index contributed by atoms with van der Waals surface area (Å²) in [5.74, 6) is -3.42. The molecule has 0 heterocycles. The van der Waals surface area contributed by atoms with E-state index < -0.39 is 72.3 Å². The number of nitrogens with zero attached hydrogens (tertiary/aromatic N) is 2. The molecule has 14 nitrogen and oxygen atoms in total. The predicted molar refractivity (Wildman–Crippen MR) is 227 cm³/mol. The van der Waals surface area contributed by atoms with Gasteiger partial charge in [0.2, 0.25) is 29.5 Å². The van der Waals surface area contributed by atoms with E-state index >= 15 is 0 Å². The van der Waals surface area contributed by atoms with Crippen LogP contribution >= 0.6 is 0 Å². The number of benzene rings is 2. The third-order valence-electron chi connectivity index (χ3n) is 9.99. The van der Waals surface area contributed by atoms with Gasteiger partial charge in [0.15, 0.2) is 0 Å². The Morgan fingerprint density at radius 2 is 1.22 bits per heavy atom. The van der Waals surface area contributed by atoms with Gasteiger partial charge >= 0.3 is 0 Å². The Morgan fingerprint density at radius 1 is 0.672 bits per heavy atom. The SMILES string of the molecule is CCN(CC)CCCC[C@H](NC(=O)[C@H](CC(C)C)NC(=O)[C@H](C)NC(=O)[C@H](Cc1ccccc1)NC(=O)c1ccc(C(C)(C)C)cc1)C(=O)N[C@@H](CO)C(=O)N(C)C. The summed E-state index contributed by atoms with van der Waals surface area (Å²) in [6.07, 6.45) is 2.01. The molecule has 0 saturated heterocycles. The molecular weight excluding hydrogens is 739 g/mol. The molecule has 0 aromatic heterocycles. The summed E-state index contributed by atoms with van der Waals surface area (Å²) in [7, 11) is 3.02. The molecule has 2 aromatic carbocycles. The smallest absolute Gasteiger partial charge is 0.251 e. The van der Waals surface area contributed by atoms with Gasteiger partial charge in [-0.15, -0.1) is 0 Å². The van der Waals surface area contributed by atoms with Crippen LogP contribution in [0.3, 0.4) is 0 Å². The van der Waals surface area contributed by atoms with Crippen LogP contribution in [0.2, 0.25) is 0 Å².